The Morgan fingerprint density at radius 1 is 1.47 bits per heavy atom. The first-order chi connectivity index (χ1) is 7.22. The summed E-state index contributed by atoms with van der Waals surface area (Å²) in [5, 5.41) is 4.62. The van der Waals surface area contributed by atoms with Crippen LogP contribution in [0.4, 0.5) is 0 Å². The highest BCUT2D eigenvalue weighted by atomic mass is 15.3. The van der Waals surface area contributed by atoms with Gasteiger partial charge in [-0.15, -0.1) is 0 Å². The normalized spacial score (nSPS) is 17.9. The van der Waals surface area contributed by atoms with Gasteiger partial charge in [0.25, 0.3) is 0 Å². The third-order valence-corrected chi connectivity index (χ3v) is 3.29. The summed E-state index contributed by atoms with van der Waals surface area (Å²) >= 11 is 0. The quantitative estimate of drug-likeness (QED) is 0.828. The van der Waals surface area contributed by atoms with Crippen molar-refractivity contribution in [3.05, 3.63) is 17.5 Å². The van der Waals surface area contributed by atoms with Gasteiger partial charge in [0.1, 0.15) is 0 Å². The molecule has 0 atom stereocenters. The Labute approximate surface area is 91.7 Å². The number of nitrogens with zero attached hydrogens (tertiary/aromatic N) is 2. The van der Waals surface area contributed by atoms with Crippen LogP contribution in [0.5, 0.6) is 0 Å². The van der Waals surface area contributed by atoms with Gasteiger partial charge in [0.05, 0.1) is 11.7 Å². The highest BCUT2D eigenvalue weighted by Gasteiger charge is 2.21. The lowest BCUT2D eigenvalue weighted by Crippen LogP contribution is -2.11. The van der Waals surface area contributed by atoms with Crippen molar-refractivity contribution in [3.63, 3.8) is 0 Å². The molecule has 0 aromatic carbocycles. The average molecular weight is 207 g/mol. The molecule has 1 heterocycles. The monoisotopic (exact) mass is 207 g/mol. The lowest BCUT2D eigenvalue weighted by Gasteiger charge is -2.15. The van der Waals surface area contributed by atoms with Gasteiger partial charge in [0, 0.05) is 12.2 Å². The van der Waals surface area contributed by atoms with E-state index in [1.54, 1.807) is 0 Å². The van der Waals surface area contributed by atoms with Gasteiger partial charge in [-0.2, -0.15) is 5.10 Å². The van der Waals surface area contributed by atoms with Crippen LogP contribution in [-0.4, -0.2) is 9.78 Å². The predicted octanol–water partition coefficient (Wildman–Crippen LogP) is 2.58. The summed E-state index contributed by atoms with van der Waals surface area (Å²) in [6.07, 6.45) is 5.26. The Bertz CT molecular complexity index is 322. The van der Waals surface area contributed by atoms with Crippen LogP contribution < -0.4 is 5.73 Å². The van der Waals surface area contributed by atoms with E-state index in [1.165, 1.54) is 31.4 Å². The molecule has 0 spiro atoms. The smallest absolute Gasteiger partial charge is 0.0763 e. The fourth-order valence-corrected chi connectivity index (χ4v) is 2.43. The van der Waals surface area contributed by atoms with E-state index in [4.69, 9.17) is 5.73 Å². The van der Waals surface area contributed by atoms with Crippen molar-refractivity contribution < 1.29 is 0 Å². The third kappa shape index (κ3) is 2.07. The molecule has 1 aromatic rings. The van der Waals surface area contributed by atoms with Gasteiger partial charge in [0.2, 0.25) is 0 Å². The van der Waals surface area contributed by atoms with Crippen LogP contribution in [0.3, 0.4) is 0 Å². The van der Waals surface area contributed by atoms with Crippen molar-refractivity contribution in [2.75, 3.05) is 0 Å². The molecular weight excluding hydrogens is 186 g/mol. The van der Waals surface area contributed by atoms with Crippen molar-refractivity contribution >= 4 is 0 Å². The highest BCUT2D eigenvalue weighted by molar-refractivity contribution is 5.14. The van der Waals surface area contributed by atoms with E-state index in [1.807, 2.05) is 0 Å². The van der Waals surface area contributed by atoms with Gasteiger partial charge < -0.3 is 5.73 Å². The van der Waals surface area contributed by atoms with Crippen LogP contribution in [0, 0.1) is 0 Å². The Hall–Kier alpha value is -0.830. The Kier molecular flexibility index (Phi) is 3.10. The first-order valence-electron chi connectivity index (χ1n) is 6.00. The van der Waals surface area contributed by atoms with E-state index in [0.717, 1.165) is 5.69 Å². The van der Waals surface area contributed by atoms with Crippen LogP contribution in [0.2, 0.25) is 0 Å². The fourth-order valence-electron chi connectivity index (χ4n) is 2.43. The summed E-state index contributed by atoms with van der Waals surface area (Å²) < 4.78 is 2.24. The molecule has 1 aromatic heterocycles. The molecule has 0 radical (unpaired) electrons. The van der Waals surface area contributed by atoms with Crippen molar-refractivity contribution in [2.45, 2.75) is 58.0 Å². The molecule has 15 heavy (non-hydrogen) atoms. The number of hydrogen-bond acceptors (Lipinski definition) is 2. The molecular formula is C12H21N3. The maximum atomic E-state index is 5.66. The van der Waals surface area contributed by atoms with Crippen LogP contribution >= 0.6 is 0 Å². The van der Waals surface area contributed by atoms with Crippen LogP contribution in [0.15, 0.2) is 6.07 Å². The van der Waals surface area contributed by atoms with Gasteiger partial charge in [-0.3, -0.25) is 4.68 Å². The second-order valence-electron chi connectivity index (χ2n) is 4.80. The van der Waals surface area contributed by atoms with Gasteiger partial charge in [0.15, 0.2) is 0 Å². The predicted molar refractivity (Wildman–Crippen MR) is 61.7 cm³/mol. The number of aromatic nitrogens is 2. The molecule has 0 aliphatic heterocycles. The number of nitrogens with two attached hydrogens (primary N) is 1. The van der Waals surface area contributed by atoms with E-state index in [2.05, 4.69) is 29.7 Å². The van der Waals surface area contributed by atoms with E-state index >= 15 is 0 Å². The van der Waals surface area contributed by atoms with E-state index < -0.39 is 0 Å². The van der Waals surface area contributed by atoms with Crippen LogP contribution in [-0.2, 0) is 6.54 Å². The molecule has 3 nitrogen and oxygen atoms in total. The van der Waals surface area contributed by atoms with Gasteiger partial charge in [-0.1, -0.05) is 26.7 Å². The molecule has 0 unspecified atom stereocenters. The summed E-state index contributed by atoms with van der Waals surface area (Å²) in [4.78, 5) is 0. The van der Waals surface area contributed by atoms with Crippen molar-refractivity contribution in [2.24, 2.45) is 5.73 Å². The van der Waals surface area contributed by atoms with E-state index in [0.29, 0.717) is 18.5 Å². The minimum atomic E-state index is 0.540. The maximum Gasteiger partial charge on any atom is 0.0763 e. The first-order valence-corrected chi connectivity index (χ1v) is 6.00. The Balaban J connectivity index is 2.30. The maximum absolute atomic E-state index is 5.66. The number of hydrogen-bond donors (Lipinski definition) is 1. The molecule has 1 saturated carbocycles. The summed E-state index contributed by atoms with van der Waals surface area (Å²) in [5.74, 6) is 0.540. The molecule has 2 N–H and O–H groups in total. The van der Waals surface area contributed by atoms with Gasteiger partial charge in [-0.25, -0.2) is 0 Å². The molecule has 0 saturated heterocycles. The molecule has 1 fully saturated rings. The minimum Gasteiger partial charge on any atom is -0.325 e. The SMILES string of the molecule is CC(C)c1cc(CN)nn1C1CCCC1. The Morgan fingerprint density at radius 3 is 2.67 bits per heavy atom. The van der Waals surface area contributed by atoms with Gasteiger partial charge in [-0.05, 0) is 24.8 Å². The molecule has 84 valence electrons. The van der Waals surface area contributed by atoms with Gasteiger partial charge >= 0.3 is 0 Å². The largest absolute Gasteiger partial charge is 0.325 e. The molecule has 2 rings (SSSR count). The average Bonchev–Trinajstić information content (AvgIpc) is 2.86. The molecule has 1 aliphatic rings. The molecule has 3 heteroatoms. The highest BCUT2D eigenvalue weighted by Crippen LogP contribution is 2.32. The van der Waals surface area contributed by atoms with Crippen molar-refractivity contribution in [1.29, 1.82) is 0 Å². The fraction of sp³-hybridized carbons (Fsp3) is 0.750. The van der Waals surface area contributed by atoms with E-state index in [9.17, 15) is 0 Å². The second-order valence-corrected chi connectivity index (χ2v) is 4.80. The summed E-state index contributed by atoms with van der Waals surface area (Å²) in [5.41, 5.74) is 8.04. The first kappa shape index (κ1) is 10.7. The van der Waals surface area contributed by atoms with Crippen LogP contribution in [0.25, 0.3) is 0 Å². The lowest BCUT2D eigenvalue weighted by atomic mass is 10.1. The zero-order valence-electron chi connectivity index (χ0n) is 9.74. The van der Waals surface area contributed by atoms with Crippen molar-refractivity contribution in [3.8, 4) is 0 Å². The standard InChI is InChI=1S/C12H21N3/c1-9(2)12-7-10(8-13)14-15(12)11-5-3-4-6-11/h7,9,11H,3-6,8,13H2,1-2H3. The zero-order chi connectivity index (χ0) is 10.8. The summed E-state index contributed by atoms with van der Waals surface area (Å²) in [7, 11) is 0. The van der Waals surface area contributed by atoms with E-state index in [-0.39, 0.29) is 0 Å². The molecule has 1 aliphatic carbocycles. The third-order valence-electron chi connectivity index (χ3n) is 3.29. The number of rotatable bonds is 3. The topological polar surface area (TPSA) is 43.8 Å². The second kappa shape index (κ2) is 4.35. The summed E-state index contributed by atoms with van der Waals surface area (Å²) in [6.45, 7) is 5.00. The zero-order valence-corrected chi connectivity index (χ0v) is 9.74. The molecule has 0 bridgehead atoms. The van der Waals surface area contributed by atoms with Crippen LogP contribution in [0.1, 0.15) is 62.9 Å². The lowest BCUT2D eigenvalue weighted by molar-refractivity contribution is 0.439. The van der Waals surface area contributed by atoms with Crippen molar-refractivity contribution in [1.82, 2.24) is 9.78 Å². The summed E-state index contributed by atoms with van der Waals surface area (Å²) in [6, 6.07) is 2.80. The Morgan fingerprint density at radius 2 is 2.13 bits per heavy atom. The minimum absolute atomic E-state index is 0.540. The molecule has 0 amide bonds.